The van der Waals surface area contributed by atoms with Crippen LogP contribution in [0, 0.1) is 13.8 Å². The van der Waals surface area contributed by atoms with E-state index in [0.29, 0.717) is 29.3 Å². The zero-order valence-corrected chi connectivity index (χ0v) is 21.2. The maximum atomic E-state index is 12.9. The summed E-state index contributed by atoms with van der Waals surface area (Å²) in [4.78, 5) is 42.1. The van der Waals surface area contributed by atoms with Gasteiger partial charge in [0.15, 0.2) is 19.0 Å². The number of ketones is 1. The molecular weight excluding hydrogens is 446 g/mol. The van der Waals surface area contributed by atoms with Crippen molar-refractivity contribution in [3.05, 3.63) is 53.1 Å². The van der Waals surface area contributed by atoms with E-state index in [0.717, 1.165) is 30.8 Å². The normalized spacial score (nSPS) is 13.8. The SMILES string of the molecule is CCN(CC)CCNC(=O)[C@H](C)N1C(=O)COc2ccc(C(=O)COc3ccc(C)cc3C)cc21. The molecule has 0 bridgehead atoms. The molecule has 1 N–H and O–H groups in total. The van der Waals surface area contributed by atoms with Gasteiger partial charge in [0.2, 0.25) is 5.91 Å². The van der Waals surface area contributed by atoms with Crippen molar-refractivity contribution in [2.75, 3.05) is 44.3 Å². The van der Waals surface area contributed by atoms with Crippen LogP contribution in [0.4, 0.5) is 5.69 Å². The van der Waals surface area contributed by atoms with Gasteiger partial charge in [-0.15, -0.1) is 0 Å². The van der Waals surface area contributed by atoms with Gasteiger partial charge in [0.1, 0.15) is 17.5 Å². The maximum Gasteiger partial charge on any atom is 0.265 e. The van der Waals surface area contributed by atoms with E-state index in [4.69, 9.17) is 9.47 Å². The molecule has 0 aliphatic carbocycles. The van der Waals surface area contributed by atoms with Crippen LogP contribution in [0.15, 0.2) is 36.4 Å². The Morgan fingerprint density at radius 2 is 1.89 bits per heavy atom. The third kappa shape index (κ3) is 6.39. The van der Waals surface area contributed by atoms with Gasteiger partial charge in [0, 0.05) is 18.7 Å². The molecule has 8 nitrogen and oxygen atoms in total. The highest BCUT2D eigenvalue weighted by atomic mass is 16.5. The standard InChI is InChI=1S/C27H35N3O5/c1-6-29(7-2)13-12-28-27(33)20(5)30-22-15-21(9-11-25(22)35-17-26(30)32)23(31)16-34-24-10-8-18(3)14-19(24)4/h8-11,14-15,20H,6-7,12-13,16-17H2,1-5H3,(H,28,33)/t20-/m0/s1. The molecule has 2 aromatic rings. The van der Waals surface area contributed by atoms with Crippen molar-refractivity contribution in [2.45, 2.75) is 40.7 Å². The van der Waals surface area contributed by atoms with E-state index in [1.54, 1.807) is 25.1 Å². The van der Waals surface area contributed by atoms with Gasteiger partial charge in [-0.3, -0.25) is 19.3 Å². The van der Waals surface area contributed by atoms with Gasteiger partial charge in [0.05, 0.1) is 5.69 Å². The van der Waals surface area contributed by atoms with Crippen molar-refractivity contribution in [2.24, 2.45) is 0 Å². The number of hydrogen-bond donors (Lipinski definition) is 1. The molecule has 8 heteroatoms. The number of likely N-dealkylation sites (N-methyl/N-ethyl adjacent to an activating group) is 1. The minimum absolute atomic E-state index is 0.140. The van der Waals surface area contributed by atoms with E-state index in [2.05, 4.69) is 24.1 Å². The summed E-state index contributed by atoms with van der Waals surface area (Å²) in [7, 11) is 0. The number of carbonyl (C=O) groups is 3. The van der Waals surface area contributed by atoms with E-state index < -0.39 is 6.04 Å². The van der Waals surface area contributed by atoms with Gasteiger partial charge < -0.3 is 19.7 Å². The predicted octanol–water partition coefficient (Wildman–Crippen LogP) is 3.14. The average Bonchev–Trinajstić information content (AvgIpc) is 2.85. The number of ether oxygens (including phenoxy) is 2. The van der Waals surface area contributed by atoms with E-state index in [-0.39, 0.29) is 30.8 Å². The Kier molecular flexibility index (Phi) is 8.87. The van der Waals surface area contributed by atoms with Crippen LogP contribution in [0.1, 0.15) is 42.3 Å². The second-order valence-corrected chi connectivity index (χ2v) is 8.71. The van der Waals surface area contributed by atoms with Crippen molar-refractivity contribution in [1.82, 2.24) is 10.2 Å². The molecule has 0 saturated carbocycles. The summed E-state index contributed by atoms with van der Waals surface area (Å²) >= 11 is 0. The Morgan fingerprint density at radius 1 is 1.14 bits per heavy atom. The average molecular weight is 482 g/mol. The van der Waals surface area contributed by atoms with Crippen LogP contribution in [0.25, 0.3) is 0 Å². The molecule has 0 saturated heterocycles. The van der Waals surface area contributed by atoms with Gasteiger partial charge in [-0.1, -0.05) is 31.5 Å². The van der Waals surface area contributed by atoms with Crippen molar-refractivity contribution < 1.29 is 23.9 Å². The topological polar surface area (TPSA) is 88.2 Å². The Labute approximate surface area is 207 Å². The highest BCUT2D eigenvalue weighted by molar-refractivity contribution is 6.05. The lowest BCUT2D eigenvalue weighted by atomic mass is 10.1. The number of aryl methyl sites for hydroxylation is 2. The number of hydrogen-bond acceptors (Lipinski definition) is 6. The number of nitrogens with one attached hydrogen (secondary N) is 1. The summed E-state index contributed by atoms with van der Waals surface area (Å²) in [6.07, 6.45) is 0. The fraction of sp³-hybridized carbons (Fsp3) is 0.444. The highest BCUT2D eigenvalue weighted by Gasteiger charge is 2.33. The Hall–Kier alpha value is -3.39. The number of fused-ring (bicyclic) bond motifs is 1. The van der Waals surface area contributed by atoms with Crippen LogP contribution in [-0.2, 0) is 9.59 Å². The van der Waals surface area contributed by atoms with Crippen LogP contribution in [0.5, 0.6) is 11.5 Å². The largest absolute Gasteiger partial charge is 0.485 e. The molecule has 1 heterocycles. The highest BCUT2D eigenvalue weighted by Crippen LogP contribution is 2.34. The summed E-state index contributed by atoms with van der Waals surface area (Å²) in [6.45, 7) is 12.5. The number of carbonyl (C=O) groups excluding carboxylic acids is 3. The van der Waals surface area contributed by atoms with Crippen LogP contribution < -0.4 is 19.7 Å². The van der Waals surface area contributed by atoms with Crippen molar-refractivity contribution >= 4 is 23.3 Å². The molecule has 0 aromatic heterocycles. The number of rotatable bonds is 11. The number of nitrogens with zero attached hydrogens (tertiary/aromatic N) is 2. The second-order valence-electron chi connectivity index (χ2n) is 8.71. The Balaban J connectivity index is 1.72. The molecule has 1 aliphatic rings. The Morgan fingerprint density at radius 3 is 2.57 bits per heavy atom. The third-order valence-electron chi connectivity index (χ3n) is 6.24. The van der Waals surface area contributed by atoms with E-state index in [9.17, 15) is 14.4 Å². The fourth-order valence-corrected chi connectivity index (χ4v) is 4.10. The van der Waals surface area contributed by atoms with E-state index in [1.165, 1.54) is 4.90 Å². The molecule has 2 aromatic carbocycles. The minimum Gasteiger partial charge on any atom is -0.485 e. The van der Waals surface area contributed by atoms with Crippen molar-refractivity contribution in [3.8, 4) is 11.5 Å². The zero-order chi connectivity index (χ0) is 25.5. The van der Waals surface area contributed by atoms with E-state index in [1.807, 2.05) is 32.0 Å². The lowest BCUT2D eigenvalue weighted by Gasteiger charge is -2.33. The molecule has 0 spiro atoms. The molecule has 0 radical (unpaired) electrons. The van der Waals surface area contributed by atoms with Gasteiger partial charge in [-0.05, 0) is 63.7 Å². The number of anilines is 1. The summed E-state index contributed by atoms with van der Waals surface area (Å²) in [5, 5.41) is 2.91. The number of benzene rings is 2. The predicted molar refractivity (Wildman–Crippen MR) is 135 cm³/mol. The monoisotopic (exact) mass is 481 g/mol. The quantitative estimate of drug-likeness (QED) is 0.496. The Bertz CT molecular complexity index is 1080. The molecular formula is C27H35N3O5. The van der Waals surface area contributed by atoms with Crippen LogP contribution in [-0.4, -0.2) is 67.9 Å². The lowest BCUT2D eigenvalue weighted by molar-refractivity contribution is -0.127. The van der Waals surface area contributed by atoms with Crippen LogP contribution in [0.2, 0.25) is 0 Å². The summed E-state index contributed by atoms with van der Waals surface area (Å²) < 4.78 is 11.3. The molecule has 1 aliphatic heterocycles. The van der Waals surface area contributed by atoms with Crippen molar-refractivity contribution in [1.29, 1.82) is 0 Å². The first kappa shape index (κ1) is 26.2. The van der Waals surface area contributed by atoms with Gasteiger partial charge in [-0.2, -0.15) is 0 Å². The van der Waals surface area contributed by atoms with Crippen LogP contribution >= 0.6 is 0 Å². The lowest BCUT2D eigenvalue weighted by Crippen LogP contribution is -2.52. The maximum absolute atomic E-state index is 12.9. The van der Waals surface area contributed by atoms with E-state index >= 15 is 0 Å². The summed E-state index contributed by atoms with van der Waals surface area (Å²) in [5.41, 5.74) is 2.86. The second kappa shape index (κ2) is 11.8. The summed E-state index contributed by atoms with van der Waals surface area (Å²) in [5.74, 6) is 0.284. The minimum atomic E-state index is -0.751. The van der Waals surface area contributed by atoms with Gasteiger partial charge in [-0.25, -0.2) is 0 Å². The molecule has 1 atom stereocenters. The van der Waals surface area contributed by atoms with Crippen LogP contribution in [0.3, 0.4) is 0 Å². The fourth-order valence-electron chi connectivity index (χ4n) is 4.10. The number of Topliss-reactive ketones (excluding diaryl/α,β-unsaturated/α-hetero) is 1. The first-order chi connectivity index (χ1) is 16.7. The first-order valence-electron chi connectivity index (χ1n) is 12.1. The first-order valence-corrected chi connectivity index (χ1v) is 12.1. The summed E-state index contributed by atoms with van der Waals surface area (Å²) in [6, 6.07) is 9.92. The molecule has 35 heavy (non-hydrogen) atoms. The third-order valence-corrected chi connectivity index (χ3v) is 6.24. The zero-order valence-electron chi connectivity index (χ0n) is 21.2. The van der Waals surface area contributed by atoms with Gasteiger partial charge >= 0.3 is 0 Å². The molecule has 0 fully saturated rings. The molecule has 3 rings (SSSR count). The van der Waals surface area contributed by atoms with Gasteiger partial charge in [0.25, 0.3) is 5.91 Å². The molecule has 2 amide bonds. The smallest absolute Gasteiger partial charge is 0.265 e. The molecule has 0 unspecified atom stereocenters. The molecule has 188 valence electrons. The number of amides is 2. The van der Waals surface area contributed by atoms with Crippen molar-refractivity contribution in [3.63, 3.8) is 0 Å².